The van der Waals surface area contributed by atoms with Crippen molar-refractivity contribution < 1.29 is 5.11 Å². The Labute approximate surface area is 214 Å². The van der Waals surface area contributed by atoms with E-state index in [1.54, 1.807) is 24.3 Å². The van der Waals surface area contributed by atoms with E-state index in [-0.39, 0.29) is 31.1 Å². The quantitative estimate of drug-likeness (QED) is 0.340. The molecule has 1 N–H and O–H groups in total. The molecule has 0 saturated carbocycles. The van der Waals surface area contributed by atoms with Crippen LogP contribution >= 0.6 is 35.6 Å². The van der Waals surface area contributed by atoms with Gasteiger partial charge in [0.25, 0.3) is 5.56 Å². The number of benzene rings is 3. The molecule has 0 bridgehead atoms. The first-order chi connectivity index (χ1) is 15.9. The largest absolute Gasteiger partial charge is 0.394 e. The molecule has 5 nitrogen and oxygen atoms in total. The molecule has 1 heterocycles. The van der Waals surface area contributed by atoms with Crippen molar-refractivity contribution in [1.82, 2.24) is 9.78 Å². The summed E-state index contributed by atoms with van der Waals surface area (Å²) in [7, 11) is 3.93. The molecule has 0 aliphatic carbocycles. The van der Waals surface area contributed by atoms with Crippen LogP contribution in [0.3, 0.4) is 0 Å². The van der Waals surface area contributed by atoms with Crippen LogP contribution < -0.4 is 10.5 Å². The lowest BCUT2D eigenvalue weighted by Crippen LogP contribution is -2.27. The summed E-state index contributed by atoms with van der Waals surface area (Å²) in [6, 6.07) is 22.5. The summed E-state index contributed by atoms with van der Waals surface area (Å²) < 4.78 is 1.32. The summed E-state index contributed by atoms with van der Waals surface area (Å²) >= 11 is 12.3. The first-order valence-electron chi connectivity index (χ1n) is 10.4. The Kier molecular flexibility index (Phi) is 8.39. The summed E-state index contributed by atoms with van der Waals surface area (Å²) in [6.45, 7) is -0.116. The van der Waals surface area contributed by atoms with E-state index in [2.05, 4.69) is 5.10 Å². The predicted octanol–water partition coefficient (Wildman–Crippen LogP) is 6.03. The van der Waals surface area contributed by atoms with Crippen LogP contribution in [-0.2, 0) is 6.54 Å². The van der Waals surface area contributed by atoms with Gasteiger partial charge < -0.3 is 10.0 Å². The van der Waals surface area contributed by atoms with Crippen LogP contribution in [0.1, 0.15) is 0 Å². The lowest BCUT2D eigenvalue weighted by molar-refractivity contribution is 0.266. The van der Waals surface area contributed by atoms with Gasteiger partial charge in [-0.1, -0.05) is 59.6 Å². The number of aliphatic hydroxyl groups is 1. The topological polar surface area (TPSA) is 58.4 Å². The number of rotatable bonds is 6. The Morgan fingerprint density at radius 2 is 1.26 bits per heavy atom. The minimum atomic E-state index is -0.274. The molecular weight excluding hydrogens is 493 g/mol. The number of aromatic nitrogens is 2. The number of nitrogens with zero attached hydrogens (tertiary/aromatic N) is 3. The zero-order valence-electron chi connectivity index (χ0n) is 18.7. The molecule has 176 valence electrons. The van der Waals surface area contributed by atoms with Crippen molar-refractivity contribution in [3.8, 4) is 33.5 Å². The average molecular weight is 517 g/mol. The van der Waals surface area contributed by atoms with E-state index in [1.807, 2.05) is 67.5 Å². The minimum absolute atomic E-state index is 0. The van der Waals surface area contributed by atoms with Crippen molar-refractivity contribution in [2.75, 3.05) is 25.6 Å². The van der Waals surface area contributed by atoms with E-state index in [0.717, 1.165) is 22.4 Å². The Hall–Kier alpha value is -2.83. The number of anilines is 1. The number of hydrogen-bond donors (Lipinski definition) is 1. The van der Waals surface area contributed by atoms with Crippen LogP contribution in [0, 0.1) is 0 Å². The van der Waals surface area contributed by atoms with Crippen LogP contribution in [-0.4, -0.2) is 35.6 Å². The highest BCUT2D eigenvalue weighted by molar-refractivity contribution is 6.31. The Bertz CT molecular complexity index is 1320. The first kappa shape index (κ1) is 25.8. The molecule has 4 aromatic rings. The van der Waals surface area contributed by atoms with Gasteiger partial charge in [-0.05, 0) is 47.5 Å². The third-order valence-electron chi connectivity index (χ3n) is 5.39. The third-order valence-corrected chi connectivity index (χ3v) is 5.89. The molecular formula is C26H24Cl3N3O2. The number of aliphatic hydroxyl groups excluding tert-OH is 1. The Balaban J connectivity index is 0.00000324. The average Bonchev–Trinajstić information content (AvgIpc) is 2.81. The van der Waals surface area contributed by atoms with E-state index < -0.39 is 0 Å². The van der Waals surface area contributed by atoms with Gasteiger partial charge in [0, 0.05) is 41.0 Å². The molecule has 34 heavy (non-hydrogen) atoms. The summed E-state index contributed by atoms with van der Waals surface area (Å²) in [5.41, 5.74) is 4.97. The van der Waals surface area contributed by atoms with Gasteiger partial charge in [0.15, 0.2) is 0 Å². The standard InChI is InChI=1S/C26H23Cl2N3O2.ClH/c1-30(2)22-13-7-18(8-14-22)24-23(17-3-9-20(27)10-4-17)25(19-5-11-21(28)12-6-19)29-31(15-16-32)26(24)33;/h3-14,32H,15-16H2,1-2H3;1H. The summed E-state index contributed by atoms with van der Waals surface area (Å²) in [4.78, 5) is 15.6. The van der Waals surface area contributed by atoms with Crippen LogP contribution in [0.25, 0.3) is 33.5 Å². The molecule has 4 rings (SSSR count). The lowest BCUT2D eigenvalue weighted by atomic mass is 9.92. The van der Waals surface area contributed by atoms with E-state index in [1.165, 1.54) is 4.68 Å². The summed E-state index contributed by atoms with van der Waals surface area (Å²) in [6.07, 6.45) is 0. The summed E-state index contributed by atoms with van der Waals surface area (Å²) in [5.74, 6) is 0. The zero-order chi connectivity index (χ0) is 23.5. The molecule has 0 unspecified atom stereocenters. The Morgan fingerprint density at radius 1 is 0.794 bits per heavy atom. The molecule has 0 atom stereocenters. The van der Waals surface area contributed by atoms with Crippen LogP contribution in [0.5, 0.6) is 0 Å². The molecule has 0 spiro atoms. The van der Waals surface area contributed by atoms with Crippen molar-refractivity contribution in [3.63, 3.8) is 0 Å². The van der Waals surface area contributed by atoms with Gasteiger partial charge in [-0.3, -0.25) is 4.79 Å². The van der Waals surface area contributed by atoms with Crippen LogP contribution in [0.15, 0.2) is 77.6 Å². The highest BCUT2D eigenvalue weighted by atomic mass is 35.5. The monoisotopic (exact) mass is 515 g/mol. The van der Waals surface area contributed by atoms with E-state index in [4.69, 9.17) is 23.2 Å². The number of hydrogen-bond acceptors (Lipinski definition) is 4. The highest BCUT2D eigenvalue weighted by Crippen LogP contribution is 2.38. The maximum Gasteiger partial charge on any atom is 0.275 e. The lowest BCUT2D eigenvalue weighted by Gasteiger charge is -2.18. The SMILES string of the molecule is CN(C)c1ccc(-c2c(-c3ccc(Cl)cc3)c(-c3ccc(Cl)cc3)nn(CCO)c2=O)cc1.Cl. The van der Waals surface area contributed by atoms with E-state index in [0.29, 0.717) is 26.9 Å². The molecule has 0 aliphatic rings. The Morgan fingerprint density at radius 3 is 1.76 bits per heavy atom. The fourth-order valence-electron chi connectivity index (χ4n) is 3.72. The molecule has 0 fully saturated rings. The molecule has 0 amide bonds. The smallest absolute Gasteiger partial charge is 0.275 e. The molecule has 1 aromatic heterocycles. The maximum atomic E-state index is 13.6. The third kappa shape index (κ3) is 5.29. The normalized spacial score (nSPS) is 10.6. The summed E-state index contributed by atoms with van der Waals surface area (Å²) in [5, 5.41) is 15.4. The fourth-order valence-corrected chi connectivity index (χ4v) is 3.97. The van der Waals surface area contributed by atoms with Gasteiger partial charge in [-0.2, -0.15) is 5.10 Å². The van der Waals surface area contributed by atoms with E-state index in [9.17, 15) is 9.90 Å². The predicted molar refractivity (Wildman–Crippen MR) is 143 cm³/mol. The fraction of sp³-hybridized carbons (Fsp3) is 0.154. The van der Waals surface area contributed by atoms with Crippen molar-refractivity contribution >= 4 is 41.3 Å². The van der Waals surface area contributed by atoms with Gasteiger partial charge in [-0.25, -0.2) is 4.68 Å². The van der Waals surface area contributed by atoms with Gasteiger partial charge in [0.05, 0.1) is 24.4 Å². The maximum absolute atomic E-state index is 13.6. The van der Waals surface area contributed by atoms with E-state index >= 15 is 0 Å². The van der Waals surface area contributed by atoms with Crippen LogP contribution in [0.4, 0.5) is 5.69 Å². The molecule has 8 heteroatoms. The van der Waals surface area contributed by atoms with Gasteiger partial charge in [0.2, 0.25) is 0 Å². The second-order valence-corrected chi connectivity index (χ2v) is 8.68. The van der Waals surface area contributed by atoms with Crippen molar-refractivity contribution in [2.45, 2.75) is 6.54 Å². The van der Waals surface area contributed by atoms with Gasteiger partial charge >= 0.3 is 0 Å². The van der Waals surface area contributed by atoms with Gasteiger partial charge in [-0.15, -0.1) is 12.4 Å². The van der Waals surface area contributed by atoms with Crippen molar-refractivity contribution in [3.05, 3.63) is 93.2 Å². The second-order valence-electron chi connectivity index (χ2n) is 7.81. The van der Waals surface area contributed by atoms with Crippen molar-refractivity contribution in [1.29, 1.82) is 0 Å². The zero-order valence-corrected chi connectivity index (χ0v) is 21.0. The highest BCUT2D eigenvalue weighted by Gasteiger charge is 2.22. The minimum Gasteiger partial charge on any atom is -0.394 e. The number of halogens is 3. The molecule has 0 aliphatic heterocycles. The molecule has 3 aromatic carbocycles. The van der Waals surface area contributed by atoms with Crippen LogP contribution in [0.2, 0.25) is 10.0 Å². The second kappa shape index (κ2) is 11.1. The van der Waals surface area contributed by atoms with Gasteiger partial charge in [0.1, 0.15) is 0 Å². The molecule has 0 saturated heterocycles. The van der Waals surface area contributed by atoms with Crippen molar-refractivity contribution in [2.24, 2.45) is 0 Å². The molecule has 0 radical (unpaired) electrons. The first-order valence-corrected chi connectivity index (χ1v) is 11.2.